The lowest BCUT2D eigenvalue weighted by Gasteiger charge is -2.41. The van der Waals surface area contributed by atoms with E-state index in [0.29, 0.717) is 42.4 Å². The number of nitrogens with zero attached hydrogens (tertiary/aromatic N) is 1. The van der Waals surface area contributed by atoms with Crippen LogP contribution in [0.15, 0.2) is 36.4 Å². The van der Waals surface area contributed by atoms with E-state index >= 15 is 0 Å². The molecule has 0 saturated carbocycles. The topological polar surface area (TPSA) is 99.8 Å². The number of carbonyl (C=O) groups is 3. The SMILES string of the molecule is COc1cc(C)c(Cl)cc1NC(=O)NC1CN(c2ccc([C@H]3CCC(=O)NC3=O)cc2)C1. The lowest BCUT2D eigenvalue weighted by Crippen LogP contribution is -2.60. The van der Waals surface area contributed by atoms with Crippen LogP contribution in [0.5, 0.6) is 5.75 Å². The number of hydrogen-bond acceptors (Lipinski definition) is 5. The molecule has 0 aromatic heterocycles. The Morgan fingerprint density at radius 3 is 2.56 bits per heavy atom. The molecular formula is C23H25ClN4O4. The number of ether oxygens (including phenoxy) is 1. The molecule has 2 aliphatic heterocycles. The molecule has 168 valence electrons. The summed E-state index contributed by atoms with van der Waals surface area (Å²) in [6.45, 7) is 3.23. The molecule has 32 heavy (non-hydrogen) atoms. The van der Waals surface area contributed by atoms with E-state index in [4.69, 9.17) is 16.3 Å². The monoisotopic (exact) mass is 456 g/mol. The molecule has 0 radical (unpaired) electrons. The third-order valence-electron chi connectivity index (χ3n) is 5.85. The van der Waals surface area contributed by atoms with Gasteiger partial charge < -0.3 is 20.3 Å². The maximum atomic E-state index is 12.4. The van der Waals surface area contributed by atoms with Crippen molar-refractivity contribution >= 4 is 40.8 Å². The van der Waals surface area contributed by atoms with Crippen LogP contribution in [-0.2, 0) is 9.59 Å². The fraction of sp³-hybridized carbons (Fsp3) is 0.348. The molecule has 0 spiro atoms. The zero-order valence-electron chi connectivity index (χ0n) is 17.9. The Labute approximate surface area is 191 Å². The second-order valence-electron chi connectivity index (χ2n) is 8.10. The number of amides is 4. The molecule has 2 heterocycles. The predicted octanol–water partition coefficient (Wildman–Crippen LogP) is 3.19. The van der Waals surface area contributed by atoms with Crippen LogP contribution in [-0.4, -0.2) is 44.1 Å². The van der Waals surface area contributed by atoms with E-state index in [9.17, 15) is 14.4 Å². The number of benzene rings is 2. The first-order valence-electron chi connectivity index (χ1n) is 10.4. The van der Waals surface area contributed by atoms with Crippen molar-refractivity contribution in [2.45, 2.75) is 31.7 Å². The molecule has 2 aromatic carbocycles. The number of piperidine rings is 1. The largest absolute Gasteiger partial charge is 0.495 e. The second-order valence-corrected chi connectivity index (χ2v) is 8.50. The first-order valence-corrected chi connectivity index (χ1v) is 10.8. The summed E-state index contributed by atoms with van der Waals surface area (Å²) >= 11 is 6.16. The van der Waals surface area contributed by atoms with Crippen molar-refractivity contribution in [2.75, 3.05) is 30.4 Å². The molecule has 8 nitrogen and oxygen atoms in total. The number of rotatable bonds is 5. The van der Waals surface area contributed by atoms with Crippen molar-refractivity contribution in [1.29, 1.82) is 0 Å². The smallest absolute Gasteiger partial charge is 0.319 e. The van der Waals surface area contributed by atoms with Crippen molar-refractivity contribution in [3.63, 3.8) is 0 Å². The molecule has 1 atom stereocenters. The van der Waals surface area contributed by atoms with E-state index in [0.717, 1.165) is 16.8 Å². The van der Waals surface area contributed by atoms with Gasteiger partial charge in [0, 0.05) is 30.2 Å². The van der Waals surface area contributed by atoms with Gasteiger partial charge in [0.15, 0.2) is 0 Å². The highest BCUT2D eigenvalue weighted by Gasteiger charge is 2.30. The van der Waals surface area contributed by atoms with Crippen molar-refractivity contribution < 1.29 is 19.1 Å². The van der Waals surface area contributed by atoms with E-state index in [2.05, 4.69) is 20.9 Å². The van der Waals surface area contributed by atoms with Crippen molar-refractivity contribution in [2.24, 2.45) is 0 Å². The fourth-order valence-corrected chi connectivity index (χ4v) is 4.14. The number of methoxy groups -OCH3 is 1. The molecule has 0 aliphatic carbocycles. The summed E-state index contributed by atoms with van der Waals surface area (Å²) in [5, 5.41) is 8.69. The van der Waals surface area contributed by atoms with Crippen molar-refractivity contribution in [3.05, 3.63) is 52.5 Å². The first kappa shape index (κ1) is 22.0. The quantitative estimate of drug-likeness (QED) is 0.600. The van der Waals surface area contributed by atoms with Gasteiger partial charge in [0.25, 0.3) is 0 Å². The highest BCUT2D eigenvalue weighted by atomic mass is 35.5. The third-order valence-corrected chi connectivity index (χ3v) is 6.25. The van der Waals surface area contributed by atoms with Gasteiger partial charge in [-0.05, 0) is 48.7 Å². The molecule has 0 unspecified atom stereocenters. The van der Waals surface area contributed by atoms with Gasteiger partial charge in [-0.25, -0.2) is 4.79 Å². The Balaban J connectivity index is 1.29. The summed E-state index contributed by atoms with van der Waals surface area (Å²) in [5.41, 5.74) is 3.30. The molecule has 2 fully saturated rings. The van der Waals surface area contributed by atoms with Gasteiger partial charge in [-0.2, -0.15) is 0 Å². The maximum absolute atomic E-state index is 12.4. The molecule has 9 heteroatoms. The first-order chi connectivity index (χ1) is 15.3. The lowest BCUT2D eigenvalue weighted by molar-refractivity contribution is -0.134. The Morgan fingerprint density at radius 1 is 1.19 bits per heavy atom. The molecule has 4 amide bonds. The van der Waals surface area contributed by atoms with Crippen LogP contribution in [0.2, 0.25) is 5.02 Å². The molecule has 2 aliphatic rings. The van der Waals surface area contributed by atoms with E-state index in [1.807, 2.05) is 31.2 Å². The van der Waals surface area contributed by atoms with Crippen LogP contribution in [0, 0.1) is 6.92 Å². The zero-order valence-corrected chi connectivity index (χ0v) is 18.7. The summed E-state index contributed by atoms with van der Waals surface area (Å²) < 4.78 is 5.32. The Hall–Kier alpha value is -3.26. The Morgan fingerprint density at radius 2 is 1.91 bits per heavy atom. The minimum absolute atomic E-state index is 0.0109. The van der Waals surface area contributed by atoms with Gasteiger partial charge in [-0.3, -0.25) is 14.9 Å². The summed E-state index contributed by atoms with van der Waals surface area (Å²) in [4.78, 5) is 37.9. The third kappa shape index (κ3) is 4.65. The average molecular weight is 457 g/mol. The van der Waals surface area contributed by atoms with Crippen LogP contribution < -0.4 is 25.6 Å². The number of nitrogens with one attached hydrogen (secondary N) is 3. The van der Waals surface area contributed by atoms with Crippen LogP contribution in [0.25, 0.3) is 0 Å². The molecule has 2 saturated heterocycles. The lowest BCUT2D eigenvalue weighted by atomic mass is 9.90. The summed E-state index contributed by atoms with van der Waals surface area (Å²) in [7, 11) is 1.54. The average Bonchev–Trinajstić information content (AvgIpc) is 2.73. The van der Waals surface area contributed by atoms with Crippen molar-refractivity contribution in [1.82, 2.24) is 10.6 Å². The Kier molecular flexibility index (Phi) is 6.23. The Bertz CT molecular complexity index is 1050. The number of imide groups is 1. The van der Waals surface area contributed by atoms with Gasteiger partial charge in [0.05, 0.1) is 24.8 Å². The van der Waals surface area contributed by atoms with E-state index in [1.165, 1.54) is 0 Å². The minimum atomic E-state index is -0.318. The van der Waals surface area contributed by atoms with E-state index < -0.39 is 0 Å². The number of anilines is 2. The van der Waals surface area contributed by atoms with Gasteiger partial charge in [-0.15, -0.1) is 0 Å². The predicted molar refractivity (Wildman–Crippen MR) is 122 cm³/mol. The number of aryl methyl sites for hydroxylation is 1. The number of carbonyl (C=O) groups excluding carboxylic acids is 3. The number of urea groups is 1. The van der Waals surface area contributed by atoms with Gasteiger partial charge in [-0.1, -0.05) is 23.7 Å². The summed E-state index contributed by atoms with van der Waals surface area (Å²) in [5.74, 6) is -0.188. The van der Waals surface area contributed by atoms with Gasteiger partial charge in [0.2, 0.25) is 11.8 Å². The van der Waals surface area contributed by atoms with Crippen LogP contribution in [0.4, 0.5) is 16.2 Å². The van der Waals surface area contributed by atoms with Crippen LogP contribution >= 0.6 is 11.6 Å². The minimum Gasteiger partial charge on any atom is -0.495 e. The fourth-order valence-electron chi connectivity index (χ4n) is 3.98. The van der Waals surface area contributed by atoms with E-state index in [-0.39, 0.29) is 29.8 Å². The highest BCUT2D eigenvalue weighted by molar-refractivity contribution is 6.31. The summed E-state index contributed by atoms with van der Waals surface area (Å²) in [6.07, 6.45) is 0.895. The highest BCUT2D eigenvalue weighted by Crippen LogP contribution is 2.31. The second kappa shape index (κ2) is 9.08. The van der Waals surface area contributed by atoms with E-state index in [1.54, 1.807) is 19.2 Å². The van der Waals surface area contributed by atoms with Gasteiger partial charge >= 0.3 is 6.03 Å². The zero-order chi connectivity index (χ0) is 22.8. The van der Waals surface area contributed by atoms with Crippen molar-refractivity contribution in [3.8, 4) is 5.75 Å². The molecular weight excluding hydrogens is 432 g/mol. The summed E-state index contributed by atoms with van der Waals surface area (Å²) in [6, 6.07) is 10.9. The van der Waals surface area contributed by atoms with Gasteiger partial charge in [0.1, 0.15) is 5.75 Å². The normalized spacial score (nSPS) is 18.6. The van der Waals surface area contributed by atoms with Crippen LogP contribution in [0.1, 0.15) is 29.9 Å². The molecule has 4 rings (SSSR count). The number of hydrogen-bond donors (Lipinski definition) is 3. The standard InChI is InChI=1S/C23H25ClN4O4/c1-13-9-20(32-2)19(10-18(13)24)26-23(31)25-15-11-28(12-15)16-5-3-14(4-6-16)17-7-8-21(29)27-22(17)30/h3-6,9-10,15,17H,7-8,11-12H2,1-2H3,(H2,25,26,31)(H,27,29,30)/t17-/m1/s1. The molecule has 2 aromatic rings. The molecule has 0 bridgehead atoms. The van der Waals surface area contributed by atoms with Crippen LogP contribution in [0.3, 0.4) is 0 Å². The number of halogens is 1. The molecule has 3 N–H and O–H groups in total. The maximum Gasteiger partial charge on any atom is 0.319 e.